The summed E-state index contributed by atoms with van der Waals surface area (Å²) >= 11 is 0. The van der Waals surface area contributed by atoms with Crippen LogP contribution in [0.1, 0.15) is 0 Å². The summed E-state index contributed by atoms with van der Waals surface area (Å²) in [4.78, 5) is 21.4. The maximum Gasteiger partial charge on any atom is 0.360 e. The monoisotopic (exact) mass is 254 g/mol. The number of carboxylic acid groups (broad SMARTS) is 1. The molecule has 6 N–H and O–H groups in total. The van der Waals surface area contributed by atoms with E-state index in [2.05, 4.69) is 4.74 Å². The zero-order valence-electron chi connectivity index (χ0n) is 8.63. The number of aliphatic carboxylic acids is 1. The Balaban J connectivity index is 4.76. The zero-order valence-corrected chi connectivity index (χ0v) is 8.63. The second kappa shape index (κ2) is 7.27. The van der Waals surface area contributed by atoms with Crippen molar-refractivity contribution in [2.75, 3.05) is 13.2 Å². The highest BCUT2D eigenvalue weighted by molar-refractivity contribution is 5.85. The van der Waals surface area contributed by atoms with Crippen molar-refractivity contribution in [3.8, 4) is 0 Å². The SMILES string of the molecule is O=C(O)C(O)O[C@H](C(=O)CO)[C@H](O)[C@H](O)CO. The minimum Gasteiger partial charge on any atom is -0.477 e. The largest absolute Gasteiger partial charge is 0.477 e. The Morgan fingerprint density at radius 3 is 2.00 bits per heavy atom. The van der Waals surface area contributed by atoms with Gasteiger partial charge in [-0.1, -0.05) is 0 Å². The second-order valence-corrected chi connectivity index (χ2v) is 3.11. The molecule has 1 unspecified atom stereocenters. The molecule has 0 heterocycles. The van der Waals surface area contributed by atoms with Crippen molar-refractivity contribution in [2.24, 2.45) is 0 Å². The van der Waals surface area contributed by atoms with Gasteiger partial charge in [0.2, 0.25) is 0 Å². The van der Waals surface area contributed by atoms with Crippen LogP contribution in [0.5, 0.6) is 0 Å². The van der Waals surface area contributed by atoms with E-state index >= 15 is 0 Å². The Bertz CT molecular complexity index is 266. The van der Waals surface area contributed by atoms with Gasteiger partial charge in [0.05, 0.1) is 6.61 Å². The third-order valence-corrected chi connectivity index (χ3v) is 1.85. The molecular weight excluding hydrogens is 240 g/mol. The predicted molar refractivity (Wildman–Crippen MR) is 49.7 cm³/mol. The average molecular weight is 254 g/mol. The zero-order chi connectivity index (χ0) is 13.6. The first kappa shape index (κ1) is 15.9. The summed E-state index contributed by atoms with van der Waals surface area (Å²) in [6.07, 6.45) is -8.13. The molecule has 0 aliphatic heterocycles. The first-order chi connectivity index (χ1) is 7.84. The fourth-order valence-corrected chi connectivity index (χ4v) is 0.944. The summed E-state index contributed by atoms with van der Waals surface area (Å²) in [5.74, 6) is -2.96. The van der Waals surface area contributed by atoms with Gasteiger partial charge in [0.1, 0.15) is 18.8 Å². The number of aliphatic hydroxyl groups is 5. The van der Waals surface area contributed by atoms with Gasteiger partial charge in [-0.15, -0.1) is 0 Å². The highest BCUT2D eigenvalue weighted by atomic mass is 16.6. The van der Waals surface area contributed by atoms with Crippen LogP contribution in [-0.4, -0.2) is 80.2 Å². The Morgan fingerprint density at radius 2 is 1.65 bits per heavy atom. The minimum absolute atomic E-state index is 0.914. The fourth-order valence-electron chi connectivity index (χ4n) is 0.944. The molecule has 0 amide bonds. The standard InChI is InChI=1S/C8H14O9/c9-1-3(11)5(13)6(4(12)2-10)17-8(16)7(14)15/h3,5-6,8-11,13,16H,1-2H2,(H,14,15)/t3-,5-,6-,8?/m1/s1. The number of ketones is 1. The van der Waals surface area contributed by atoms with Crippen LogP contribution < -0.4 is 0 Å². The van der Waals surface area contributed by atoms with Crippen molar-refractivity contribution >= 4 is 11.8 Å². The molecule has 0 aliphatic rings. The van der Waals surface area contributed by atoms with Crippen LogP contribution in [0, 0.1) is 0 Å². The molecule has 17 heavy (non-hydrogen) atoms. The summed E-state index contributed by atoms with van der Waals surface area (Å²) in [6, 6.07) is 0. The molecule has 0 spiro atoms. The first-order valence-electron chi connectivity index (χ1n) is 4.52. The number of rotatable bonds is 8. The first-order valence-corrected chi connectivity index (χ1v) is 4.52. The van der Waals surface area contributed by atoms with Gasteiger partial charge in [-0.05, 0) is 0 Å². The third kappa shape index (κ3) is 4.73. The number of ether oxygens (including phenoxy) is 1. The van der Waals surface area contributed by atoms with Gasteiger partial charge >= 0.3 is 5.97 Å². The summed E-state index contributed by atoms with van der Waals surface area (Å²) < 4.78 is 4.27. The molecule has 0 radical (unpaired) electrons. The molecule has 0 aromatic heterocycles. The number of carbonyl (C=O) groups is 2. The molecule has 0 rings (SSSR count). The lowest BCUT2D eigenvalue weighted by Crippen LogP contribution is -2.49. The van der Waals surface area contributed by atoms with Crippen molar-refractivity contribution in [1.82, 2.24) is 0 Å². The molecule has 0 aromatic rings. The van der Waals surface area contributed by atoms with Crippen LogP contribution in [0.25, 0.3) is 0 Å². The molecule has 0 saturated carbocycles. The summed E-state index contributed by atoms with van der Waals surface area (Å²) in [5.41, 5.74) is 0. The van der Waals surface area contributed by atoms with Gasteiger partial charge in [-0.2, -0.15) is 0 Å². The van der Waals surface area contributed by atoms with E-state index in [-0.39, 0.29) is 0 Å². The third-order valence-electron chi connectivity index (χ3n) is 1.85. The molecule has 9 nitrogen and oxygen atoms in total. The van der Waals surface area contributed by atoms with E-state index in [0.717, 1.165) is 0 Å². The average Bonchev–Trinajstić information content (AvgIpc) is 2.32. The summed E-state index contributed by atoms with van der Waals surface area (Å²) in [6.45, 7) is -2.00. The Labute approximate surface area is 95.5 Å². The number of hydrogen-bond donors (Lipinski definition) is 6. The topological polar surface area (TPSA) is 165 Å². The lowest BCUT2D eigenvalue weighted by molar-refractivity contribution is -0.205. The number of carboxylic acids is 1. The number of Topliss-reactive ketones (excluding diaryl/α,β-unsaturated/α-hetero) is 1. The molecular formula is C8H14O9. The van der Waals surface area contributed by atoms with Crippen LogP contribution in [0.2, 0.25) is 0 Å². The van der Waals surface area contributed by atoms with Crippen molar-refractivity contribution in [3.63, 3.8) is 0 Å². The lowest BCUT2D eigenvalue weighted by Gasteiger charge is -2.25. The van der Waals surface area contributed by atoms with Crippen LogP contribution in [0.4, 0.5) is 0 Å². The van der Waals surface area contributed by atoms with Gasteiger partial charge in [-0.25, -0.2) is 4.79 Å². The molecule has 0 aromatic carbocycles. The van der Waals surface area contributed by atoms with Crippen LogP contribution in [0.15, 0.2) is 0 Å². The Kier molecular flexibility index (Phi) is 6.80. The molecule has 0 fully saturated rings. The maximum absolute atomic E-state index is 11.1. The number of carbonyl (C=O) groups excluding carboxylic acids is 1. The molecule has 0 saturated heterocycles. The lowest BCUT2D eigenvalue weighted by atomic mass is 10.0. The normalized spacial score (nSPS) is 18.2. The van der Waals surface area contributed by atoms with Crippen LogP contribution in [-0.2, 0) is 14.3 Å². The van der Waals surface area contributed by atoms with E-state index in [0.29, 0.717) is 0 Å². The van der Waals surface area contributed by atoms with Gasteiger partial charge in [0, 0.05) is 0 Å². The van der Waals surface area contributed by atoms with E-state index in [1.165, 1.54) is 0 Å². The Morgan fingerprint density at radius 1 is 1.12 bits per heavy atom. The van der Waals surface area contributed by atoms with Gasteiger partial charge in [0.25, 0.3) is 6.29 Å². The van der Waals surface area contributed by atoms with E-state index < -0.39 is 49.6 Å². The quantitative estimate of drug-likeness (QED) is 0.237. The fraction of sp³-hybridized carbons (Fsp3) is 0.750. The van der Waals surface area contributed by atoms with E-state index in [9.17, 15) is 14.7 Å². The minimum atomic E-state index is -2.41. The second-order valence-electron chi connectivity index (χ2n) is 3.11. The highest BCUT2D eigenvalue weighted by Crippen LogP contribution is 2.08. The van der Waals surface area contributed by atoms with Crippen molar-refractivity contribution in [2.45, 2.75) is 24.6 Å². The molecule has 0 aliphatic carbocycles. The van der Waals surface area contributed by atoms with E-state index in [1.54, 1.807) is 0 Å². The summed E-state index contributed by atoms with van der Waals surface area (Å²) in [5, 5.41) is 52.6. The number of aliphatic hydroxyl groups excluding tert-OH is 5. The van der Waals surface area contributed by atoms with E-state index in [4.69, 9.17) is 25.5 Å². The smallest absolute Gasteiger partial charge is 0.360 e. The van der Waals surface area contributed by atoms with Crippen molar-refractivity contribution in [3.05, 3.63) is 0 Å². The van der Waals surface area contributed by atoms with Gasteiger partial charge in [-0.3, -0.25) is 4.79 Å². The summed E-state index contributed by atoms with van der Waals surface area (Å²) in [7, 11) is 0. The molecule has 4 atom stereocenters. The Hall–Kier alpha value is -1.10. The van der Waals surface area contributed by atoms with Crippen LogP contribution >= 0.6 is 0 Å². The number of hydrogen-bond acceptors (Lipinski definition) is 8. The predicted octanol–water partition coefficient (Wildman–Crippen LogP) is -3.95. The van der Waals surface area contributed by atoms with E-state index in [1.807, 2.05) is 0 Å². The van der Waals surface area contributed by atoms with Crippen molar-refractivity contribution in [1.29, 1.82) is 0 Å². The molecule has 100 valence electrons. The molecule has 9 heteroatoms. The van der Waals surface area contributed by atoms with Gasteiger partial charge in [0.15, 0.2) is 11.9 Å². The highest BCUT2D eigenvalue weighted by Gasteiger charge is 2.35. The molecule has 0 bridgehead atoms. The van der Waals surface area contributed by atoms with Crippen LogP contribution in [0.3, 0.4) is 0 Å². The van der Waals surface area contributed by atoms with Gasteiger partial charge < -0.3 is 35.4 Å². The maximum atomic E-state index is 11.1. The van der Waals surface area contributed by atoms with Crippen molar-refractivity contribution < 1.29 is 45.0 Å².